The third-order valence-corrected chi connectivity index (χ3v) is 4.72. The van der Waals surface area contributed by atoms with E-state index in [2.05, 4.69) is 4.90 Å². The van der Waals surface area contributed by atoms with Crippen LogP contribution < -0.4 is 15.2 Å². The minimum Gasteiger partial charge on any atom is -0.490 e. The number of alkyl halides is 2. The van der Waals surface area contributed by atoms with Crippen LogP contribution in [0.2, 0.25) is 0 Å². The average molecular weight is 326 g/mol. The lowest BCUT2D eigenvalue weighted by Gasteiger charge is -2.26. The predicted octanol–water partition coefficient (Wildman–Crippen LogP) is 2.91. The first-order chi connectivity index (χ1) is 10.9. The zero-order valence-electron chi connectivity index (χ0n) is 13.6. The van der Waals surface area contributed by atoms with E-state index in [0.717, 1.165) is 26.3 Å². The fraction of sp³-hybridized carbons (Fsp3) is 0.647. The van der Waals surface area contributed by atoms with Crippen molar-refractivity contribution in [3.05, 3.63) is 23.3 Å². The summed E-state index contributed by atoms with van der Waals surface area (Å²) < 4.78 is 39.7. The molecule has 1 saturated heterocycles. The first-order valence-corrected chi connectivity index (χ1v) is 8.12. The molecule has 128 valence electrons. The van der Waals surface area contributed by atoms with Crippen molar-refractivity contribution in [2.24, 2.45) is 11.7 Å². The van der Waals surface area contributed by atoms with Gasteiger partial charge < -0.3 is 15.2 Å². The lowest BCUT2D eigenvalue weighted by atomic mass is 9.92. The Labute approximate surface area is 135 Å². The minimum absolute atomic E-state index is 0.0243. The van der Waals surface area contributed by atoms with Crippen molar-refractivity contribution in [2.45, 2.75) is 31.7 Å². The smallest absolute Gasteiger partial charge is 0.270 e. The van der Waals surface area contributed by atoms with Gasteiger partial charge in [-0.15, -0.1) is 0 Å². The molecule has 1 fully saturated rings. The van der Waals surface area contributed by atoms with Crippen molar-refractivity contribution in [3.8, 4) is 11.5 Å². The fourth-order valence-electron chi connectivity index (χ4n) is 3.52. The lowest BCUT2D eigenvalue weighted by Crippen LogP contribution is -2.23. The van der Waals surface area contributed by atoms with Gasteiger partial charge in [0.2, 0.25) is 0 Å². The number of benzene rings is 1. The molecule has 1 aromatic rings. The summed E-state index contributed by atoms with van der Waals surface area (Å²) in [6.07, 6.45) is 1.54. The van der Waals surface area contributed by atoms with Crippen LogP contribution in [0, 0.1) is 5.92 Å². The number of nitrogens with two attached hydrogens (primary N) is 1. The molecule has 1 aromatic carbocycles. The topological polar surface area (TPSA) is 47.7 Å². The van der Waals surface area contributed by atoms with Gasteiger partial charge in [-0.1, -0.05) is 0 Å². The molecule has 0 amide bonds. The minimum atomic E-state index is -2.93. The maximum absolute atomic E-state index is 14.2. The van der Waals surface area contributed by atoms with E-state index in [1.807, 2.05) is 7.05 Å². The summed E-state index contributed by atoms with van der Waals surface area (Å²) in [6.45, 7) is 3.36. The number of ether oxygens (including phenoxy) is 2. The molecular formula is C17H24F2N2O2. The maximum atomic E-state index is 14.2. The molecule has 0 aromatic heterocycles. The lowest BCUT2D eigenvalue weighted by molar-refractivity contribution is 0.0151. The summed E-state index contributed by atoms with van der Waals surface area (Å²) >= 11 is 0. The monoisotopic (exact) mass is 326 g/mol. The van der Waals surface area contributed by atoms with Crippen molar-refractivity contribution < 1.29 is 18.3 Å². The molecule has 23 heavy (non-hydrogen) atoms. The Bertz CT molecular complexity index is 574. The number of rotatable bonds is 3. The van der Waals surface area contributed by atoms with Gasteiger partial charge in [-0.3, -0.25) is 4.90 Å². The zero-order chi connectivity index (χ0) is 16.6. The van der Waals surface area contributed by atoms with Crippen LogP contribution in [0.3, 0.4) is 0 Å². The van der Waals surface area contributed by atoms with E-state index in [9.17, 15) is 8.78 Å². The van der Waals surface area contributed by atoms with Gasteiger partial charge in [0.05, 0.1) is 13.2 Å². The van der Waals surface area contributed by atoms with Crippen molar-refractivity contribution in [1.29, 1.82) is 0 Å². The van der Waals surface area contributed by atoms with Gasteiger partial charge in [-0.25, -0.2) is 8.78 Å². The third-order valence-electron chi connectivity index (χ3n) is 4.72. The van der Waals surface area contributed by atoms with E-state index in [1.165, 1.54) is 6.07 Å². The molecule has 2 N–H and O–H groups in total. The molecule has 6 heteroatoms. The molecule has 2 heterocycles. The molecule has 3 rings (SSSR count). The van der Waals surface area contributed by atoms with Crippen LogP contribution in [0.5, 0.6) is 11.5 Å². The molecule has 0 radical (unpaired) electrons. The number of halogens is 2. The third kappa shape index (κ3) is 3.28. The van der Waals surface area contributed by atoms with E-state index in [-0.39, 0.29) is 11.6 Å². The first kappa shape index (κ1) is 16.5. The fourth-order valence-corrected chi connectivity index (χ4v) is 3.52. The van der Waals surface area contributed by atoms with Crippen LogP contribution in [-0.4, -0.2) is 38.3 Å². The molecule has 0 spiro atoms. The number of nitrogens with zero attached hydrogens (tertiary/aromatic N) is 1. The van der Waals surface area contributed by atoms with Gasteiger partial charge >= 0.3 is 0 Å². The van der Waals surface area contributed by atoms with Crippen LogP contribution in [0.25, 0.3) is 0 Å². The Balaban J connectivity index is 2.05. The Morgan fingerprint density at radius 1 is 1.26 bits per heavy atom. The number of hydrogen-bond donors (Lipinski definition) is 1. The first-order valence-electron chi connectivity index (χ1n) is 8.12. The largest absolute Gasteiger partial charge is 0.490 e. The summed E-state index contributed by atoms with van der Waals surface area (Å²) in [4.78, 5) is 2.10. The standard InChI is InChI=1S/C17H24F2N2O2/c1-17(18,19)13-8-16-15(22-4-3-5-23-16)7-12(13)14-6-11(9-20)10-21(14)2/h7-8,11,14H,3-6,9-10,20H2,1-2H3. The van der Waals surface area contributed by atoms with Crippen molar-refractivity contribution in [2.75, 3.05) is 33.4 Å². The average Bonchev–Trinajstić information content (AvgIpc) is 2.72. The molecule has 0 bridgehead atoms. The number of likely N-dealkylation sites (tertiary alicyclic amines) is 1. The van der Waals surface area contributed by atoms with E-state index in [1.54, 1.807) is 6.07 Å². The molecular weight excluding hydrogens is 302 g/mol. The van der Waals surface area contributed by atoms with Gasteiger partial charge in [-0.05, 0) is 43.6 Å². The van der Waals surface area contributed by atoms with Crippen LogP contribution in [-0.2, 0) is 5.92 Å². The van der Waals surface area contributed by atoms with Crippen LogP contribution >= 0.6 is 0 Å². The van der Waals surface area contributed by atoms with Gasteiger partial charge in [0.1, 0.15) is 0 Å². The Morgan fingerprint density at radius 2 is 1.91 bits per heavy atom. The Kier molecular flexibility index (Phi) is 4.47. The van der Waals surface area contributed by atoms with E-state index in [4.69, 9.17) is 15.2 Å². The highest BCUT2D eigenvalue weighted by molar-refractivity contribution is 5.50. The quantitative estimate of drug-likeness (QED) is 0.928. The van der Waals surface area contributed by atoms with Gasteiger partial charge in [0.15, 0.2) is 11.5 Å². The second kappa shape index (κ2) is 6.24. The summed E-state index contributed by atoms with van der Waals surface area (Å²) in [5.41, 5.74) is 6.42. The highest BCUT2D eigenvalue weighted by Crippen LogP contribution is 2.45. The molecule has 2 unspecified atom stereocenters. The number of hydrogen-bond acceptors (Lipinski definition) is 4. The maximum Gasteiger partial charge on any atom is 0.270 e. The van der Waals surface area contributed by atoms with Gasteiger partial charge in [0, 0.05) is 31.5 Å². The summed E-state index contributed by atoms with van der Waals surface area (Å²) in [6, 6.07) is 3.13. The molecule has 2 aliphatic rings. The molecule has 4 nitrogen and oxygen atoms in total. The van der Waals surface area contributed by atoms with Gasteiger partial charge in [0.25, 0.3) is 5.92 Å². The van der Waals surface area contributed by atoms with E-state index >= 15 is 0 Å². The second-order valence-electron chi connectivity index (χ2n) is 6.62. The van der Waals surface area contributed by atoms with Crippen molar-refractivity contribution in [3.63, 3.8) is 0 Å². The molecule has 0 aliphatic carbocycles. The van der Waals surface area contributed by atoms with Crippen LogP contribution in [0.1, 0.15) is 36.9 Å². The van der Waals surface area contributed by atoms with Crippen molar-refractivity contribution in [1.82, 2.24) is 4.90 Å². The Hall–Kier alpha value is -1.40. The SMILES string of the molecule is CN1CC(CN)CC1c1cc2c(cc1C(C)(F)F)OCCCO2. The van der Waals surface area contributed by atoms with Crippen LogP contribution in [0.4, 0.5) is 8.78 Å². The van der Waals surface area contributed by atoms with E-state index in [0.29, 0.717) is 42.7 Å². The normalized spacial score (nSPS) is 25.4. The Morgan fingerprint density at radius 3 is 2.48 bits per heavy atom. The summed E-state index contributed by atoms with van der Waals surface area (Å²) in [5, 5.41) is 0. The highest BCUT2D eigenvalue weighted by Gasteiger charge is 2.37. The highest BCUT2D eigenvalue weighted by atomic mass is 19.3. The predicted molar refractivity (Wildman–Crippen MR) is 84.1 cm³/mol. The molecule has 2 aliphatic heterocycles. The van der Waals surface area contributed by atoms with Gasteiger partial charge in [-0.2, -0.15) is 0 Å². The second-order valence-corrected chi connectivity index (χ2v) is 6.62. The van der Waals surface area contributed by atoms with Crippen molar-refractivity contribution >= 4 is 0 Å². The summed E-state index contributed by atoms with van der Waals surface area (Å²) in [5.74, 6) is -1.62. The molecule has 0 saturated carbocycles. The summed E-state index contributed by atoms with van der Waals surface area (Å²) in [7, 11) is 1.96. The number of fused-ring (bicyclic) bond motifs is 1. The van der Waals surface area contributed by atoms with E-state index < -0.39 is 5.92 Å². The zero-order valence-corrected chi connectivity index (χ0v) is 13.6. The molecule has 2 atom stereocenters. The van der Waals surface area contributed by atoms with Crippen LogP contribution in [0.15, 0.2) is 12.1 Å².